The Morgan fingerprint density at radius 1 is 0.909 bits per heavy atom. The smallest absolute Gasteiger partial charge is 0.253 e. The summed E-state index contributed by atoms with van der Waals surface area (Å²) in [5.41, 5.74) is 1.97. The fourth-order valence-electron chi connectivity index (χ4n) is 3.76. The van der Waals surface area contributed by atoms with Crippen molar-refractivity contribution in [1.82, 2.24) is 5.32 Å². The van der Waals surface area contributed by atoms with E-state index in [4.69, 9.17) is 0 Å². The minimum atomic E-state index is 0.119. The van der Waals surface area contributed by atoms with Crippen LogP contribution in [0, 0.1) is 0 Å². The number of carbonyl (C=O) groups is 1. The molecular weight excluding hydrogens is 272 g/mol. The number of anilines is 1. The van der Waals surface area contributed by atoms with E-state index in [0.29, 0.717) is 6.04 Å². The van der Waals surface area contributed by atoms with Crippen molar-refractivity contribution in [3.05, 3.63) is 29.8 Å². The Hall–Kier alpha value is -1.51. The summed E-state index contributed by atoms with van der Waals surface area (Å²) in [7, 11) is 0. The van der Waals surface area contributed by atoms with Crippen molar-refractivity contribution in [3.63, 3.8) is 0 Å². The molecule has 1 amide bonds. The molecule has 2 fully saturated rings. The molecular formula is C19H28N2O. The van der Waals surface area contributed by atoms with Crippen molar-refractivity contribution < 1.29 is 4.79 Å². The van der Waals surface area contributed by atoms with Crippen LogP contribution in [0.4, 0.5) is 5.69 Å². The average molecular weight is 300 g/mol. The second-order valence-electron chi connectivity index (χ2n) is 6.73. The number of nitrogens with zero attached hydrogens (tertiary/aromatic N) is 1. The molecule has 1 heterocycles. The van der Waals surface area contributed by atoms with Crippen LogP contribution in [0.15, 0.2) is 24.3 Å². The number of hydrogen-bond donors (Lipinski definition) is 1. The van der Waals surface area contributed by atoms with E-state index in [0.717, 1.165) is 37.2 Å². The topological polar surface area (TPSA) is 32.3 Å². The van der Waals surface area contributed by atoms with Crippen molar-refractivity contribution in [2.75, 3.05) is 18.0 Å². The van der Waals surface area contributed by atoms with Crippen LogP contribution < -0.4 is 10.2 Å². The van der Waals surface area contributed by atoms with Crippen molar-refractivity contribution in [3.8, 4) is 0 Å². The maximum atomic E-state index is 12.8. The molecule has 3 rings (SSSR count). The van der Waals surface area contributed by atoms with E-state index in [1.807, 2.05) is 18.2 Å². The monoisotopic (exact) mass is 300 g/mol. The van der Waals surface area contributed by atoms with Crippen molar-refractivity contribution in [1.29, 1.82) is 0 Å². The zero-order valence-corrected chi connectivity index (χ0v) is 13.5. The highest BCUT2D eigenvalue weighted by molar-refractivity contribution is 6.00. The van der Waals surface area contributed by atoms with E-state index in [2.05, 4.69) is 16.3 Å². The first-order chi connectivity index (χ1) is 10.8. The number of rotatable bonds is 3. The third-order valence-electron chi connectivity index (χ3n) is 5.04. The molecule has 3 heteroatoms. The van der Waals surface area contributed by atoms with Gasteiger partial charge in [0.1, 0.15) is 0 Å². The molecule has 0 spiro atoms. The summed E-state index contributed by atoms with van der Waals surface area (Å²) in [5, 5.41) is 3.30. The Labute approximate surface area is 134 Å². The molecule has 22 heavy (non-hydrogen) atoms. The molecule has 0 radical (unpaired) electrons. The molecule has 0 unspecified atom stereocenters. The van der Waals surface area contributed by atoms with Gasteiger partial charge in [-0.1, -0.05) is 44.2 Å². The Balaban J connectivity index is 1.68. The summed E-state index contributed by atoms with van der Waals surface area (Å²) in [6, 6.07) is 8.45. The van der Waals surface area contributed by atoms with Crippen LogP contribution in [0.1, 0.15) is 68.1 Å². The predicted octanol–water partition coefficient (Wildman–Crippen LogP) is 4.13. The zero-order chi connectivity index (χ0) is 15.2. The molecule has 120 valence electrons. The number of hydrogen-bond acceptors (Lipinski definition) is 2. The van der Waals surface area contributed by atoms with Crippen molar-refractivity contribution in [2.24, 2.45) is 0 Å². The van der Waals surface area contributed by atoms with Gasteiger partial charge in [-0.25, -0.2) is 0 Å². The molecule has 0 aromatic heterocycles. The second-order valence-corrected chi connectivity index (χ2v) is 6.73. The molecule has 1 aliphatic heterocycles. The molecule has 1 aliphatic carbocycles. The third kappa shape index (κ3) is 3.82. The van der Waals surface area contributed by atoms with E-state index < -0.39 is 0 Å². The molecule has 1 N–H and O–H groups in total. The van der Waals surface area contributed by atoms with Gasteiger partial charge in [-0.15, -0.1) is 0 Å². The summed E-state index contributed by atoms with van der Waals surface area (Å²) in [6.45, 7) is 2.15. The lowest BCUT2D eigenvalue weighted by molar-refractivity contribution is 0.0931. The number of para-hydroxylation sites is 1. The Kier molecular flexibility index (Phi) is 5.36. The number of benzene rings is 1. The van der Waals surface area contributed by atoms with Gasteiger partial charge >= 0.3 is 0 Å². The van der Waals surface area contributed by atoms with Crippen LogP contribution in [0.25, 0.3) is 0 Å². The van der Waals surface area contributed by atoms with Gasteiger partial charge in [-0.3, -0.25) is 4.79 Å². The predicted molar refractivity (Wildman–Crippen MR) is 91.5 cm³/mol. The lowest BCUT2D eigenvalue weighted by Crippen LogP contribution is -2.36. The van der Waals surface area contributed by atoms with Gasteiger partial charge in [0.25, 0.3) is 5.91 Å². The number of carbonyl (C=O) groups excluding carboxylic acids is 1. The maximum absolute atomic E-state index is 12.8. The largest absolute Gasteiger partial charge is 0.371 e. The minimum absolute atomic E-state index is 0.119. The van der Waals surface area contributed by atoms with Gasteiger partial charge in [0.15, 0.2) is 0 Å². The lowest BCUT2D eigenvalue weighted by Gasteiger charge is -2.24. The first-order valence-corrected chi connectivity index (χ1v) is 8.99. The van der Waals surface area contributed by atoms with Crippen LogP contribution in [0.2, 0.25) is 0 Å². The molecule has 1 aromatic rings. The highest BCUT2D eigenvalue weighted by Crippen LogP contribution is 2.25. The zero-order valence-electron chi connectivity index (χ0n) is 13.5. The van der Waals surface area contributed by atoms with E-state index in [1.165, 1.54) is 44.9 Å². The van der Waals surface area contributed by atoms with Crippen LogP contribution in [-0.2, 0) is 0 Å². The summed E-state index contributed by atoms with van der Waals surface area (Å²) in [5.74, 6) is 0.119. The average Bonchev–Trinajstić information content (AvgIpc) is 3.04. The normalized spacial score (nSPS) is 20.5. The van der Waals surface area contributed by atoms with Crippen molar-refractivity contribution in [2.45, 2.75) is 63.8 Å². The van der Waals surface area contributed by atoms with Gasteiger partial charge in [0.2, 0.25) is 0 Å². The number of amides is 1. The fourth-order valence-corrected chi connectivity index (χ4v) is 3.76. The van der Waals surface area contributed by atoms with Gasteiger partial charge < -0.3 is 10.2 Å². The lowest BCUT2D eigenvalue weighted by atomic mass is 9.96. The maximum Gasteiger partial charge on any atom is 0.253 e. The highest BCUT2D eigenvalue weighted by atomic mass is 16.1. The third-order valence-corrected chi connectivity index (χ3v) is 5.04. The second kappa shape index (κ2) is 7.66. The summed E-state index contributed by atoms with van der Waals surface area (Å²) in [4.78, 5) is 15.1. The van der Waals surface area contributed by atoms with Gasteiger partial charge in [-0.05, 0) is 37.8 Å². The molecule has 0 bridgehead atoms. The fraction of sp³-hybridized carbons (Fsp3) is 0.632. The highest BCUT2D eigenvalue weighted by Gasteiger charge is 2.21. The van der Waals surface area contributed by atoms with Crippen LogP contribution in [-0.4, -0.2) is 25.0 Å². The first-order valence-electron chi connectivity index (χ1n) is 8.99. The standard InChI is InChI=1S/C19H28N2O/c22-19(20-16-10-4-2-1-3-5-11-16)17-12-6-7-13-18(17)21-14-8-9-15-21/h6-7,12-13,16H,1-5,8-11,14-15H2,(H,20,22). The summed E-state index contributed by atoms with van der Waals surface area (Å²) >= 11 is 0. The van der Waals surface area contributed by atoms with Crippen LogP contribution in [0.5, 0.6) is 0 Å². The quantitative estimate of drug-likeness (QED) is 0.910. The van der Waals surface area contributed by atoms with Crippen LogP contribution >= 0.6 is 0 Å². The molecule has 2 aliphatic rings. The van der Waals surface area contributed by atoms with E-state index >= 15 is 0 Å². The Bertz CT molecular complexity index is 486. The first kappa shape index (κ1) is 15.4. The van der Waals surface area contributed by atoms with Gasteiger partial charge in [-0.2, -0.15) is 0 Å². The summed E-state index contributed by atoms with van der Waals surface area (Å²) < 4.78 is 0. The number of nitrogens with one attached hydrogen (secondary N) is 1. The van der Waals surface area contributed by atoms with E-state index in [-0.39, 0.29) is 5.91 Å². The Morgan fingerprint density at radius 2 is 1.55 bits per heavy atom. The molecule has 1 aromatic carbocycles. The molecule has 0 atom stereocenters. The molecule has 3 nitrogen and oxygen atoms in total. The SMILES string of the molecule is O=C(NC1CCCCCCC1)c1ccccc1N1CCCC1. The van der Waals surface area contributed by atoms with E-state index in [1.54, 1.807) is 0 Å². The van der Waals surface area contributed by atoms with Gasteiger partial charge in [0.05, 0.1) is 5.56 Å². The van der Waals surface area contributed by atoms with Crippen molar-refractivity contribution >= 4 is 11.6 Å². The Morgan fingerprint density at radius 3 is 2.27 bits per heavy atom. The summed E-state index contributed by atoms with van der Waals surface area (Å²) in [6.07, 6.45) is 11.2. The van der Waals surface area contributed by atoms with Crippen LogP contribution in [0.3, 0.4) is 0 Å². The van der Waals surface area contributed by atoms with Gasteiger partial charge in [0, 0.05) is 24.8 Å². The molecule has 1 saturated heterocycles. The molecule has 1 saturated carbocycles. The minimum Gasteiger partial charge on any atom is -0.371 e. The van der Waals surface area contributed by atoms with E-state index in [9.17, 15) is 4.79 Å².